The predicted molar refractivity (Wildman–Crippen MR) is 103 cm³/mol. The van der Waals surface area contributed by atoms with Crippen LogP contribution in [0.2, 0.25) is 0 Å². The molecular formula is C18H19N5OS2. The van der Waals surface area contributed by atoms with Crippen LogP contribution in [0.15, 0.2) is 47.2 Å². The Morgan fingerprint density at radius 1 is 1.35 bits per heavy atom. The minimum atomic E-state index is 0.0941. The molecule has 1 amide bonds. The van der Waals surface area contributed by atoms with Gasteiger partial charge in [-0.05, 0) is 36.4 Å². The van der Waals surface area contributed by atoms with Crippen LogP contribution in [0.1, 0.15) is 23.8 Å². The number of aromatic nitrogens is 4. The highest BCUT2D eigenvalue weighted by atomic mass is 32.2. The number of hydrogen-bond donors (Lipinski definition) is 0. The van der Waals surface area contributed by atoms with E-state index in [9.17, 15) is 4.79 Å². The highest BCUT2D eigenvalue weighted by Gasteiger charge is 2.30. The molecule has 3 aromatic rings. The van der Waals surface area contributed by atoms with Crippen LogP contribution in [0, 0.1) is 0 Å². The quantitative estimate of drug-likeness (QED) is 0.583. The average Bonchev–Trinajstić information content (AvgIpc) is 3.20. The minimum absolute atomic E-state index is 0.0941. The van der Waals surface area contributed by atoms with Gasteiger partial charge < -0.3 is 4.90 Å². The Labute approximate surface area is 160 Å². The normalized spacial score (nSPS) is 13.7. The summed E-state index contributed by atoms with van der Waals surface area (Å²) in [7, 11) is 1.84. The monoisotopic (exact) mass is 385 g/mol. The molecule has 0 aromatic carbocycles. The highest BCUT2D eigenvalue weighted by molar-refractivity contribution is 7.99. The zero-order chi connectivity index (χ0) is 17.9. The van der Waals surface area contributed by atoms with Gasteiger partial charge in [0, 0.05) is 35.9 Å². The number of nitrogens with zero attached hydrogens (tertiary/aromatic N) is 5. The molecule has 8 heteroatoms. The van der Waals surface area contributed by atoms with Crippen LogP contribution in [-0.4, -0.2) is 43.4 Å². The molecule has 1 saturated carbocycles. The van der Waals surface area contributed by atoms with Crippen LogP contribution >= 0.6 is 23.1 Å². The number of amides is 1. The van der Waals surface area contributed by atoms with Crippen molar-refractivity contribution in [1.82, 2.24) is 24.6 Å². The SMILES string of the molecule is CN(Cc1cccs1)C(=O)CSc1nnc(-c2cccnc2)n1C1CC1. The van der Waals surface area contributed by atoms with Crippen LogP contribution in [0.5, 0.6) is 0 Å². The van der Waals surface area contributed by atoms with Gasteiger partial charge in [-0.2, -0.15) is 0 Å². The molecule has 3 heterocycles. The van der Waals surface area contributed by atoms with Crippen LogP contribution in [-0.2, 0) is 11.3 Å². The third-order valence-electron chi connectivity index (χ3n) is 4.22. The fourth-order valence-corrected chi connectivity index (χ4v) is 4.39. The fraction of sp³-hybridized carbons (Fsp3) is 0.333. The lowest BCUT2D eigenvalue weighted by molar-refractivity contribution is -0.127. The predicted octanol–water partition coefficient (Wildman–Crippen LogP) is 3.49. The van der Waals surface area contributed by atoms with Gasteiger partial charge in [-0.3, -0.25) is 14.3 Å². The van der Waals surface area contributed by atoms with Crippen molar-refractivity contribution >= 4 is 29.0 Å². The van der Waals surface area contributed by atoms with Crippen molar-refractivity contribution in [2.45, 2.75) is 30.6 Å². The van der Waals surface area contributed by atoms with E-state index in [2.05, 4.69) is 19.7 Å². The molecule has 26 heavy (non-hydrogen) atoms. The van der Waals surface area contributed by atoms with Gasteiger partial charge >= 0.3 is 0 Å². The molecule has 6 nitrogen and oxygen atoms in total. The topological polar surface area (TPSA) is 63.9 Å². The van der Waals surface area contributed by atoms with Gasteiger partial charge in [-0.25, -0.2) is 0 Å². The molecule has 0 radical (unpaired) electrons. The maximum absolute atomic E-state index is 12.5. The zero-order valence-corrected chi connectivity index (χ0v) is 16.0. The lowest BCUT2D eigenvalue weighted by atomic mass is 10.3. The van der Waals surface area contributed by atoms with Crippen molar-refractivity contribution in [3.63, 3.8) is 0 Å². The van der Waals surface area contributed by atoms with Crippen molar-refractivity contribution in [2.24, 2.45) is 0 Å². The van der Waals surface area contributed by atoms with E-state index in [1.165, 1.54) is 16.6 Å². The van der Waals surface area contributed by atoms with E-state index in [0.29, 0.717) is 18.3 Å². The Balaban J connectivity index is 1.45. The second kappa shape index (κ2) is 7.59. The van der Waals surface area contributed by atoms with Gasteiger partial charge in [0.25, 0.3) is 0 Å². The number of carbonyl (C=O) groups is 1. The Morgan fingerprint density at radius 3 is 2.92 bits per heavy atom. The van der Waals surface area contributed by atoms with Gasteiger partial charge in [-0.15, -0.1) is 21.5 Å². The maximum atomic E-state index is 12.5. The molecule has 4 rings (SSSR count). The lowest BCUT2D eigenvalue weighted by Crippen LogP contribution is -2.27. The van der Waals surface area contributed by atoms with Crippen LogP contribution in [0.3, 0.4) is 0 Å². The maximum Gasteiger partial charge on any atom is 0.233 e. The molecule has 1 aliphatic rings. The average molecular weight is 386 g/mol. The second-order valence-electron chi connectivity index (χ2n) is 6.27. The summed E-state index contributed by atoms with van der Waals surface area (Å²) in [6.07, 6.45) is 5.81. The van der Waals surface area contributed by atoms with Gasteiger partial charge in [0.15, 0.2) is 11.0 Å². The van der Waals surface area contributed by atoms with E-state index in [0.717, 1.165) is 29.4 Å². The van der Waals surface area contributed by atoms with Gasteiger partial charge in [0.2, 0.25) is 5.91 Å². The van der Waals surface area contributed by atoms with E-state index in [1.54, 1.807) is 28.6 Å². The van der Waals surface area contributed by atoms with E-state index < -0.39 is 0 Å². The lowest BCUT2D eigenvalue weighted by Gasteiger charge is -2.16. The van der Waals surface area contributed by atoms with Gasteiger partial charge in [0.1, 0.15) is 0 Å². The molecule has 134 valence electrons. The third-order valence-corrected chi connectivity index (χ3v) is 6.01. The summed E-state index contributed by atoms with van der Waals surface area (Å²) in [5, 5.41) is 11.5. The first-order valence-corrected chi connectivity index (χ1v) is 10.3. The Bertz CT molecular complexity index is 874. The Morgan fingerprint density at radius 2 is 2.23 bits per heavy atom. The summed E-state index contributed by atoms with van der Waals surface area (Å²) in [4.78, 5) is 19.6. The Hall–Kier alpha value is -2.19. The number of hydrogen-bond acceptors (Lipinski definition) is 6. The van der Waals surface area contributed by atoms with Crippen molar-refractivity contribution in [2.75, 3.05) is 12.8 Å². The molecule has 0 spiro atoms. The molecule has 0 unspecified atom stereocenters. The van der Waals surface area contributed by atoms with Crippen LogP contribution < -0.4 is 0 Å². The molecule has 0 N–H and O–H groups in total. The molecule has 0 atom stereocenters. The van der Waals surface area contributed by atoms with Crippen LogP contribution in [0.4, 0.5) is 0 Å². The van der Waals surface area contributed by atoms with Crippen molar-refractivity contribution in [3.05, 3.63) is 46.9 Å². The standard InChI is InChI=1S/C18H19N5OS2/c1-22(11-15-5-3-9-25-15)16(24)12-26-18-21-20-17(23(18)14-6-7-14)13-4-2-8-19-10-13/h2-5,8-10,14H,6-7,11-12H2,1H3. The number of carbonyl (C=O) groups excluding carboxylic acids is 1. The molecule has 0 aliphatic heterocycles. The molecule has 1 fully saturated rings. The summed E-state index contributed by atoms with van der Waals surface area (Å²) >= 11 is 3.13. The van der Waals surface area contributed by atoms with Crippen molar-refractivity contribution in [3.8, 4) is 11.4 Å². The largest absolute Gasteiger partial charge is 0.340 e. The van der Waals surface area contributed by atoms with E-state index in [1.807, 2.05) is 36.7 Å². The first-order chi connectivity index (χ1) is 12.7. The van der Waals surface area contributed by atoms with Crippen molar-refractivity contribution in [1.29, 1.82) is 0 Å². The number of thiophene rings is 1. The first-order valence-electron chi connectivity index (χ1n) is 8.47. The molecular weight excluding hydrogens is 366 g/mol. The molecule has 3 aromatic heterocycles. The molecule has 1 aliphatic carbocycles. The molecule has 0 saturated heterocycles. The fourth-order valence-electron chi connectivity index (χ4n) is 2.69. The minimum Gasteiger partial charge on any atom is -0.340 e. The summed E-state index contributed by atoms with van der Waals surface area (Å²) in [6, 6.07) is 8.37. The van der Waals surface area contributed by atoms with Crippen LogP contribution in [0.25, 0.3) is 11.4 Å². The summed E-state index contributed by atoms with van der Waals surface area (Å²) in [5.74, 6) is 1.29. The molecule has 0 bridgehead atoms. The number of pyridine rings is 1. The van der Waals surface area contributed by atoms with Crippen molar-refractivity contribution < 1.29 is 4.79 Å². The highest BCUT2D eigenvalue weighted by Crippen LogP contribution is 2.40. The number of thioether (sulfide) groups is 1. The zero-order valence-electron chi connectivity index (χ0n) is 14.4. The third kappa shape index (κ3) is 3.81. The van der Waals surface area contributed by atoms with Gasteiger partial charge in [0.05, 0.1) is 12.3 Å². The summed E-state index contributed by atoms with van der Waals surface area (Å²) < 4.78 is 2.16. The Kier molecular flexibility index (Phi) is 5.03. The van der Waals surface area contributed by atoms with E-state index in [4.69, 9.17) is 0 Å². The summed E-state index contributed by atoms with van der Waals surface area (Å²) in [5.41, 5.74) is 0.958. The first kappa shape index (κ1) is 17.2. The van der Waals surface area contributed by atoms with Gasteiger partial charge in [-0.1, -0.05) is 17.8 Å². The second-order valence-corrected chi connectivity index (χ2v) is 8.24. The summed E-state index contributed by atoms with van der Waals surface area (Å²) in [6.45, 7) is 0.646. The smallest absolute Gasteiger partial charge is 0.233 e. The van der Waals surface area contributed by atoms with E-state index >= 15 is 0 Å². The number of rotatable bonds is 7. The van der Waals surface area contributed by atoms with E-state index in [-0.39, 0.29) is 5.91 Å².